The number of hydrogen-bond donors (Lipinski definition) is 1. The molecule has 17 heavy (non-hydrogen) atoms. The monoisotopic (exact) mass is 234 g/mol. The Balaban J connectivity index is 3.10. The van der Waals surface area contributed by atoms with Crippen LogP contribution in [0.2, 0.25) is 0 Å². The first-order valence-electron chi connectivity index (χ1n) is 6.04. The van der Waals surface area contributed by atoms with Gasteiger partial charge < -0.3 is 5.11 Å². The zero-order valence-electron chi connectivity index (χ0n) is 11.4. The van der Waals surface area contributed by atoms with Crippen molar-refractivity contribution in [1.29, 1.82) is 0 Å². The minimum Gasteiger partial charge on any atom is -0.481 e. The van der Waals surface area contributed by atoms with Gasteiger partial charge in [-0.3, -0.25) is 4.79 Å². The van der Waals surface area contributed by atoms with Gasteiger partial charge in [0.2, 0.25) is 0 Å². The summed E-state index contributed by atoms with van der Waals surface area (Å²) >= 11 is 0. The van der Waals surface area contributed by atoms with Crippen molar-refractivity contribution < 1.29 is 9.90 Å². The summed E-state index contributed by atoms with van der Waals surface area (Å²) < 4.78 is 0. The smallest absolute Gasteiger partial charge is 0.303 e. The van der Waals surface area contributed by atoms with E-state index in [1.54, 1.807) is 0 Å². The van der Waals surface area contributed by atoms with Crippen molar-refractivity contribution in [3.63, 3.8) is 0 Å². The van der Waals surface area contributed by atoms with Gasteiger partial charge in [-0.15, -0.1) is 0 Å². The second-order valence-electron chi connectivity index (χ2n) is 5.82. The van der Waals surface area contributed by atoms with E-state index in [2.05, 4.69) is 39.0 Å². The predicted octanol–water partition coefficient (Wildman–Crippen LogP) is 3.87. The third kappa shape index (κ3) is 3.58. The van der Waals surface area contributed by atoms with E-state index in [9.17, 15) is 4.79 Å². The number of carboxylic acids is 1. The van der Waals surface area contributed by atoms with Gasteiger partial charge in [0.15, 0.2) is 0 Å². The van der Waals surface area contributed by atoms with Crippen molar-refractivity contribution in [2.45, 2.75) is 52.4 Å². The summed E-state index contributed by atoms with van der Waals surface area (Å²) in [6.45, 7) is 10.5. The number of aryl methyl sites for hydroxylation is 1. The topological polar surface area (TPSA) is 37.3 Å². The van der Waals surface area contributed by atoms with Crippen LogP contribution in [0, 0.1) is 6.92 Å². The van der Waals surface area contributed by atoms with Crippen molar-refractivity contribution >= 4 is 5.97 Å². The van der Waals surface area contributed by atoms with Crippen LogP contribution in [-0.2, 0) is 10.2 Å². The summed E-state index contributed by atoms with van der Waals surface area (Å²) in [5.74, 6) is -0.673. The van der Waals surface area contributed by atoms with Gasteiger partial charge in [0.25, 0.3) is 0 Å². The highest BCUT2D eigenvalue weighted by molar-refractivity contribution is 5.68. The Bertz CT molecular complexity index is 413. The lowest BCUT2D eigenvalue weighted by molar-refractivity contribution is -0.137. The Labute approximate surface area is 104 Å². The Morgan fingerprint density at radius 3 is 2.41 bits per heavy atom. The van der Waals surface area contributed by atoms with Gasteiger partial charge in [0, 0.05) is 0 Å². The molecular weight excluding hydrogens is 212 g/mol. The van der Waals surface area contributed by atoms with Crippen LogP contribution in [0.4, 0.5) is 0 Å². The molecular formula is C15H22O2. The number of benzene rings is 1. The summed E-state index contributed by atoms with van der Waals surface area (Å²) in [6, 6.07) is 6.38. The van der Waals surface area contributed by atoms with E-state index in [1.807, 2.05) is 13.8 Å². The number of aliphatic carboxylic acids is 1. The summed E-state index contributed by atoms with van der Waals surface area (Å²) in [5, 5.41) is 8.87. The third-order valence-corrected chi connectivity index (χ3v) is 3.16. The molecule has 1 N–H and O–H groups in total. The van der Waals surface area contributed by atoms with Gasteiger partial charge in [-0.25, -0.2) is 0 Å². The predicted molar refractivity (Wildman–Crippen MR) is 70.5 cm³/mol. The van der Waals surface area contributed by atoms with Crippen molar-refractivity contribution in [1.82, 2.24) is 0 Å². The van der Waals surface area contributed by atoms with Crippen LogP contribution in [0.1, 0.15) is 56.7 Å². The summed E-state index contributed by atoms with van der Waals surface area (Å²) in [5.41, 5.74) is 3.69. The lowest BCUT2D eigenvalue weighted by atomic mass is 9.83. The molecule has 2 heteroatoms. The highest BCUT2D eigenvalue weighted by Gasteiger charge is 2.18. The van der Waals surface area contributed by atoms with Crippen LogP contribution in [-0.4, -0.2) is 11.1 Å². The van der Waals surface area contributed by atoms with E-state index >= 15 is 0 Å². The van der Waals surface area contributed by atoms with E-state index in [1.165, 1.54) is 11.1 Å². The first kappa shape index (κ1) is 13.8. The highest BCUT2D eigenvalue weighted by Crippen LogP contribution is 2.29. The molecule has 0 heterocycles. The van der Waals surface area contributed by atoms with Gasteiger partial charge in [-0.05, 0) is 34.9 Å². The minimum absolute atomic E-state index is 0.0646. The molecule has 0 fully saturated rings. The maximum Gasteiger partial charge on any atom is 0.303 e. The van der Waals surface area contributed by atoms with Crippen LogP contribution in [0.3, 0.4) is 0 Å². The lowest BCUT2D eigenvalue weighted by Crippen LogP contribution is -2.13. The first-order valence-corrected chi connectivity index (χ1v) is 6.04. The fourth-order valence-corrected chi connectivity index (χ4v) is 2.01. The third-order valence-electron chi connectivity index (χ3n) is 3.16. The van der Waals surface area contributed by atoms with Crippen molar-refractivity contribution in [2.75, 3.05) is 0 Å². The Kier molecular flexibility index (Phi) is 3.97. The molecule has 0 aliphatic rings. The molecule has 0 aliphatic heterocycles. The molecule has 2 nitrogen and oxygen atoms in total. The molecule has 1 aromatic carbocycles. The molecule has 0 aliphatic carbocycles. The van der Waals surface area contributed by atoms with Gasteiger partial charge in [-0.1, -0.05) is 45.9 Å². The van der Waals surface area contributed by atoms with Crippen molar-refractivity contribution in [2.24, 2.45) is 0 Å². The van der Waals surface area contributed by atoms with Crippen LogP contribution in [0.15, 0.2) is 18.2 Å². The maximum absolute atomic E-state index is 10.8. The average Bonchev–Trinajstić information content (AvgIpc) is 2.15. The Hall–Kier alpha value is -1.31. The number of hydrogen-bond acceptors (Lipinski definition) is 1. The van der Waals surface area contributed by atoms with Gasteiger partial charge in [0.05, 0.1) is 6.42 Å². The molecule has 0 amide bonds. The molecule has 1 atom stereocenters. The summed E-state index contributed by atoms with van der Waals surface area (Å²) in [6.07, 6.45) is 0.189. The Morgan fingerprint density at radius 1 is 1.35 bits per heavy atom. The normalized spacial score (nSPS) is 13.5. The molecule has 0 spiro atoms. The fraction of sp³-hybridized carbons (Fsp3) is 0.533. The van der Waals surface area contributed by atoms with E-state index < -0.39 is 5.97 Å². The molecule has 1 unspecified atom stereocenters. The SMILES string of the molecule is Cc1ccc(C(C)(C)C)cc1C(C)CC(=O)O. The van der Waals surface area contributed by atoms with E-state index in [-0.39, 0.29) is 17.8 Å². The molecule has 0 aromatic heterocycles. The fourth-order valence-electron chi connectivity index (χ4n) is 2.01. The summed E-state index contributed by atoms with van der Waals surface area (Å²) in [7, 11) is 0. The van der Waals surface area contributed by atoms with Gasteiger partial charge in [0.1, 0.15) is 0 Å². The summed E-state index contributed by atoms with van der Waals surface area (Å²) in [4.78, 5) is 10.8. The van der Waals surface area contributed by atoms with Crippen LogP contribution < -0.4 is 0 Å². The standard InChI is InChI=1S/C15H22O2/c1-10-6-7-12(15(3,4)5)9-13(10)11(2)8-14(16)17/h6-7,9,11H,8H2,1-5H3,(H,16,17). The van der Waals surface area contributed by atoms with E-state index in [4.69, 9.17) is 5.11 Å². The Morgan fingerprint density at radius 2 is 1.94 bits per heavy atom. The number of carbonyl (C=O) groups is 1. The molecule has 0 bridgehead atoms. The second-order valence-corrected chi connectivity index (χ2v) is 5.82. The average molecular weight is 234 g/mol. The van der Waals surface area contributed by atoms with E-state index in [0.717, 1.165) is 5.56 Å². The minimum atomic E-state index is -0.738. The maximum atomic E-state index is 10.8. The van der Waals surface area contributed by atoms with Crippen LogP contribution in [0.5, 0.6) is 0 Å². The lowest BCUT2D eigenvalue weighted by Gasteiger charge is -2.22. The second kappa shape index (κ2) is 4.91. The highest BCUT2D eigenvalue weighted by atomic mass is 16.4. The zero-order valence-corrected chi connectivity index (χ0v) is 11.4. The molecule has 0 radical (unpaired) electrons. The number of rotatable bonds is 3. The molecule has 0 saturated carbocycles. The largest absolute Gasteiger partial charge is 0.481 e. The van der Waals surface area contributed by atoms with Gasteiger partial charge in [-0.2, -0.15) is 0 Å². The molecule has 1 rings (SSSR count). The molecule has 94 valence electrons. The van der Waals surface area contributed by atoms with Crippen LogP contribution in [0.25, 0.3) is 0 Å². The first-order chi connectivity index (χ1) is 7.71. The molecule has 1 aromatic rings. The van der Waals surface area contributed by atoms with E-state index in [0.29, 0.717) is 0 Å². The van der Waals surface area contributed by atoms with Gasteiger partial charge >= 0.3 is 5.97 Å². The zero-order chi connectivity index (χ0) is 13.2. The quantitative estimate of drug-likeness (QED) is 0.862. The van der Waals surface area contributed by atoms with Crippen LogP contribution >= 0.6 is 0 Å². The molecule has 0 saturated heterocycles. The number of carboxylic acid groups (broad SMARTS) is 1. The van der Waals surface area contributed by atoms with Crippen molar-refractivity contribution in [3.05, 3.63) is 34.9 Å². The van der Waals surface area contributed by atoms with Crippen molar-refractivity contribution in [3.8, 4) is 0 Å².